The molecule has 0 aromatic carbocycles. The summed E-state index contributed by atoms with van der Waals surface area (Å²) in [4.78, 5) is 0. The minimum Gasteiger partial charge on any atom is -0.393 e. The number of unbranched alkanes of at least 4 members (excludes halogenated alkanes) is 6. The van der Waals surface area contributed by atoms with Crippen molar-refractivity contribution in [2.45, 2.75) is 71.3 Å². The van der Waals surface area contributed by atoms with Gasteiger partial charge in [0.15, 0.2) is 0 Å². The molecule has 2 nitrogen and oxygen atoms in total. The lowest BCUT2D eigenvalue weighted by Gasteiger charge is -2.16. The highest BCUT2D eigenvalue weighted by Gasteiger charge is 2.11. The number of rotatable bonds is 10. The maximum Gasteiger partial charge on any atom is 0.0577 e. The zero-order chi connectivity index (χ0) is 11.5. The Kier molecular flexibility index (Phi) is 10.4. The average Bonchev–Trinajstić information content (AvgIpc) is 2.26. The van der Waals surface area contributed by atoms with E-state index in [-0.39, 0.29) is 12.0 Å². The Morgan fingerprint density at radius 3 is 2.07 bits per heavy atom. The van der Waals surface area contributed by atoms with E-state index in [1.165, 1.54) is 38.5 Å². The summed E-state index contributed by atoms with van der Waals surface area (Å²) < 4.78 is 0. The minimum absolute atomic E-state index is 0.189. The van der Waals surface area contributed by atoms with Crippen molar-refractivity contribution in [2.75, 3.05) is 6.54 Å². The van der Waals surface area contributed by atoms with Crippen molar-refractivity contribution < 1.29 is 5.11 Å². The van der Waals surface area contributed by atoms with Crippen LogP contribution in [0.4, 0.5) is 0 Å². The summed E-state index contributed by atoms with van der Waals surface area (Å²) in [5, 5.41) is 9.68. The predicted molar refractivity (Wildman–Crippen MR) is 66.8 cm³/mol. The van der Waals surface area contributed by atoms with Gasteiger partial charge >= 0.3 is 0 Å². The maximum absolute atomic E-state index is 9.68. The van der Waals surface area contributed by atoms with Crippen LogP contribution in [-0.2, 0) is 0 Å². The molecule has 3 N–H and O–H groups in total. The van der Waals surface area contributed by atoms with E-state index in [1.807, 2.05) is 6.92 Å². The zero-order valence-corrected chi connectivity index (χ0v) is 10.5. The van der Waals surface area contributed by atoms with Gasteiger partial charge in [-0.1, -0.05) is 58.8 Å². The summed E-state index contributed by atoms with van der Waals surface area (Å²) in [5.41, 5.74) is 5.50. The first-order valence-corrected chi connectivity index (χ1v) is 6.60. The van der Waals surface area contributed by atoms with Gasteiger partial charge < -0.3 is 10.8 Å². The van der Waals surface area contributed by atoms with Crippen LogP contribution in [0.25, 0.3) is 0 Å². The van der Waals surface area contributed by atoms with Crippen LogP contribution in [0, 0.1) is 5.92 Å². The Bertz CT molecular complexity index is 128. The standard InChI is InChI=1S/C13H29NO/c1-3-4-5-6-7-8-9-10-13(15)12(2)11-14/h12-13,15H,3-11,14H2,1-2H3. The van der Waals surface area contributed by atoms with E-state index >= 15 is 0 Å². The molecule has 2 atom stereocenters. The maximum atomic E-state index is 9.68. The largest absolute Gasteiger partial charge is 0.393 e. The zero-order valence-electron chi connectivity index (χ0n) is 10.5. The fourth-order valence-corrected chi connectivity index (χ4v) is 1.75. The summed E-state index contributed by atoms with van der Waals surface area (Å²) in [5.74, 6) is 0.255. The Morgan fingerprint density at radius 2 is 1.53 bits per heavy atom. The van der Waals surface area contributed by atoms with E-state index in [4.69, 9.17) is 5.73 Å². The van der Waals surface area contributed by atoms with Crippen molar-refractivity contribution in [3.8, 4) is 0 Å². The molecule has 0 aromatic rings. The molecule has 0 spiro atoms. The van der Waals surface area contributed by atoms with E-state index in [0.29, 0.717) is 6.54 Å². The van der Waals surface area contributed by atoms with E-state index < -0.39 is 0 Å². The lowest BCUT2D eigenvalue weighted by atomic mass is 9.98. The summed E-state index contributed by atoms with van der Waals surface area (Å²) in [6.45, 7) is 4.86. The second-order valence-electron chi connectivity index (χ2n) is 4.69. The van der Waals surface area contributed by atoms with E-state index in [9.17, 15) is 5.11 Å². The van der Waals surface area contributed by atoms with Crippen molar-refractivity contribution in [3.63, 3.8) is 0 Å². The molecule has 0 radical (unpaired) electrons. The molecule has 2 unspecified atom stereocenters. The van der Waals surface area contributed by atoms with Crippen molar-refractivity contribution in [2.24, 2.45) is 11.7 Å². The van der Waals surface area contributed by atoms with Crippen LogP contribution in [-0.4, -0.2) is 17.8 Å². The highest BCUT2D eigenvalue weighted by Crippen LogP contribution is 2.13. The van der Waals surface area contributed by atoms with Crippen LogP contribution >= 0.6 is 0 Å². The molecule has 0 aromatic heterocycles. The van der Waals surface area contributed by atoms with Crippen molar-refractivity contribution in [1.29, 1.82) is 0 Å². The monoisotopic (exact) mass is 215 g/mol. The normalized spacial score (nSPS) is 15.2. The molecule has 0 aliphatic carbocycles. The second-order valence-corrected chi connectivity index (χ2v) is 4.69. The van der Waals surface area contributed by atoms with E-state index in [0.717, 1.165) is 12.8 Å². The molecule has 15 heavy (non-hydrogen) atoms. The Morgan fingerprint density at radius 1 is 1.00 bits per heavy atom. The summed E-state index contributed by atoms with van der Waals surface area (Å²) in [6.07, 6.45) is 9.88. The molecule has 92 valence electrons. The molecule has 0 saturated carbocycles. The molecule has 2 heteroatoms. The first-order valence-electron chi connectivity index (χ1n) is 6.60. The van der Waals surface area contributed by atoms with Crippen LogP contribution < -0.4 is 5.73 Å². The minimum atomic E-state index is -0.189. The molecule has 0 heterocycles. The van der Waals surface area contributed by atoms with Crippen LogP contribution in [0.3, 0.4) is 0 Å². The summed E-state index contributed by atoms with van der Waals surface area (Å²) >= 11 is 0. The molecule has 0 rings (SSSR count). The lowest BCUT2D eigenvalue weighted by molar-refractivity contribution is 0.108. The summed E-state index contributed by atoms with van der Waals surface area (Å²) in [7, 11) is 0. The van der Waals surface area contributed by atoms with Crippen LogP contribution in [0.1, 0.15) is 65.2 Å². The van der Waals surface area contributed by atoms with Crippen LogP contribution in [0.5, 0.6) is 0 Å². The third kappa shape index (κ3) is 8.88. The Labute approximate surface area is 95.3 Å². The quantitative estimate of drug-likeness (QED) is 0.550. The molecule has 0 saturated heterocycles. The topological polar surface area (TPSA) is 46.2 Å². The van der Waals surface area contributed by atoms with E-state index in [1.54, 1.807) is 0 Å². The number of hydrogen-bond acceptors (Lipinski definition) is 2. The van der Waals surface area contributed by atoms with Gasteiger partial charge in [0.1, 0.15) is 0 Å². The first kappa shape index (κ1) is 14.9. The number of aliphatic hydroxyl groups is 1. The molecule has 0 aliphatic heterocycles. The van der Waals surface area contributed by atoms with Crippen molar-refractivity contribution in [3.05, 3.63) is 0 Å². The van der Waals surface area contributed by atoms with Crippen LogP contribution in [0.2, 0.25) is 0 Å². The number of aliphatic hydroxyl groups excluding tert-OH is 1. The van der Waals surface area contributed by atoms with Crippen molar-refractivity contribution >= 4 is 0 Å². The second kappa shape index (κ2) is 10.4. The Balaban J connectivity index is 3.16. The van der Waals surface area contributed by atoms with Gasteiger partial charge in [-0.2, -0.15) is 0 Å². The van der Waals surface area contributed by atoms with Gasteiger partial charge in [-0.25, -0.2) is 0 Å². The van der Waals surface area contributed by atoms with Gasteiger partial charge in [-0.3, -0.25) is 0 Å². The molecular formula is C13H29NO. The molecule has 0 bridgehead atoms. The van der Waals surface area contributed by atoms with Gasteiger partial charge in [-0.05, 0) is 18.9 Å². The highest BCUT2D eigenvalue weighted by atomic mass is 16.3. The molecular weight excluding hydrogens is 186 g/mol. The van der Waals surface area contributed by atoms with Crippen molar-refractivity contribution in [1.82, 2.24) is 0 Å². The Hall–Kier alpha value is -0.0800. The van der Waals surface area contributed by atoms with Gasteiger partial charge in [0.05, 0.1) is 6.10 Å². The molecule has 0 aliphatic rings. The summed E-state index contributed by atoms with van der Waals surface area (Å²) in [6, 6.07) is 0. The fraction of sp³-hybridized carbons (Fsp3) is 1.00. The third-order valence-corrected chi connectivity index (χ3v) is 3.13. The number of nitrogens with two attached hydrogens (primary N) is 1. The van der Waals surface area contributed by atoms with Gasteiger partial charge in [0.25, 0.3) is 0 Å². The smallest absolute Gasteiger partial charge is 0.0577 e. The number of hydrogen-bond donors (Lipinski definition) is 2. The van der Waals surface area contributed by atoms with Gasteiger partial charge in [-0.15, -0.1) is 0 Å². The predicted octanol–water partition coefficient (Wildman–Crippen LogP) is 3.08. The first-order chi connectivity index (χ1) is 7.22. The molecule has 0 amide bonds. The fourth-order valence-electron chi connectivity index (χ4n) is 1.75. The van der Waals surface area contributed by atoms with Crippen LogP contribution in [0.15, 0.2) is 0 Å². The SMILES string of the molecule is CCCCCCCCCC(O)C(C)CN. The van der Waals surface area contributed by atoms with E-state index in [2.05, 4.69) is 6.92 Å². The highest BCUT2D eigenvalue weighted by molar-refractivity contribution is 4.64. The lowest BCUT2D eigenvalue weighted by Crippen LogP contribution is -2.24. The third-order valence-electron chi connectivity index (χ3n) is 3.13. The molecule has 0 fully saturated rings. The van der Waals surface area contributed by atoms with Gasteiger partial charge in [0, 0.05) is 0 Å². The average molecular weight is 215 g/mol. The van der Waals surface area contributed by atoms with Gasteiger partial charge in [0.2, 0.25) is 0 Å².